The van der Waals surface area contributed by atoms with Crippen molar-refractivity contribution in [3.05, 3.63) is 29.6 Å². The third kappa shape index (κ3) is 2.12. The van der Waals surface area contributed by atoms with Gasteiger partial charge in [0.15, 0.2) is 11.5 Å². The van der Waals surface area contributed by atoms with E-state index >= 15 is 0 Å². The van der Waals surface area contributed by atoms with E-state index in [4.69, 9.17) is 15.2 Å². The van der Waals surface area contributed by atoms with E-state index in [0.717, 1.165) is 22.7 Å². The van der Waals surface area contributed by atoms with Crippen LogP contribution in [0.3, 0.4) is 0 Å². The van der Waals surface area contributed by atoms with E-state index in [1.54, 1.807) is 6.92 Å². The number of nitrogens with zero attached hydrogens (tertiary/aromatic N) is 2. The minimum Gasteiger partial charge on any atom is -0.454 e. The van der Waals surface area contributed by atoms with Gasteiger partial charge in [0.2, 0.25) is 6.79 Å². The first-order valence-electron chi connectivity index (χ1n) is 5.91. The summed E-state index contributed by atoms with van der Waals surface area (Å²) in [6, 6.07) is 5.63. The van der Waals surface area contributed by atoms with Gasteiger partial charge in [0.05, 0.1) is 0 Å². The topological polar surface area (TPSA) is 82.3 Å². The molecular weight excluding hydrogens is 244 g/mol. The Labute approximate surface area is 110 Å². The van der Waals surface area contributed by atoms with Gasteiger partial charge < -0.3 is 20.5 Å². The van der Waals surface area contributed by atoms with Crippen molar-refractivity contribution in [1.29, 1.82) is 0 Å². The number of nitrogens with two attached hydrogens (primary N) is 1. The maximum atomic E-state index is 5.83. The van der Waals surface area contributed by atoms with Crippen molar-refractivity contribution in [2.45, 2.75) is 13.8 Å². The molecule has 0 unspecified atom stereocenters. The largest absolute Gasteiger partial charge is 0.454 e. The third-order valence-electron chi connectivity index (χ3n) is 2.93. The molecule has 0 aliphatic carbocycles. The fourth-order valence-corrected chi connectivity index (χ4v) is 1.88. The predicted molar refractivity (Wildman–Crippen MR) is 71.8 cm³/mol. The Hall–Kier alpha value is -2.50. The Morgan fingerprint density at radius 1 is 1.16 bits per heavy atom. The molecule has 3 rings (SSSR count). The zero-order valence-electron chi connectivity index (χ0n) is 10.7. The van der Waals surface area contributed by atoms with Crippen LogP contribution in [0, 0.1) is 13.8 Å². The predicted octanol–water partition coefficient (Wildman–Crippen LogP) is 2.15. The Morgan fingerprint density at radius 2 is 1.95 bits per heavy atom. The van der Waals surface area contributed by atoms with Gasteiger partial charge in [0.1, 0.15) is 17.5 Å². The van der Waals surface area contributed by atoms with E-state index in [9.17, 15) is 0 Å². The van der Waals surface area contributed by atoms with Gasteiger partial charge in [-0.25, -0.2) is 9.97 Å². The third-order valence-corrected chi connectivity index (χ3v) is 2.93. The summed E-state index contributed by atoms with van der Waals surface area (Å²) in [7, 11) is 0. The molecule has 1 aliphatic rings. The number of rotatable bonds is 2. The summed E-state index contributed by atoms with van der Waals surface area (Å²) >= 11 is 0. The highest BCUT2D eigenvalue weighted by Crippen LogP contribution is 2.35. The quantitative estimate of drug-likeness (QED) is 0.858. The number of aromatic nitrogens is 2. The molecule has 6 heteroatoms. The lowest BCUT2D eigenvalue weighted by Crippen LogP contribution is -2.04. The zero-order chi connectivity index (χ0) is 13.4. The maximum absolute atomic E-state index is 5.83. The molecule has 0 saturated heterocycles. The van der Waals surface area contributed by atoms with Crippen molar-refractivity contribution in [1.82, 2.24) is 9.97 Å². The first kappa shape index (κ1) is 11.6. The lowest BCUT2D eigenvalue weighted by molar-refractivity contribution is 0.174. The lowest BCUT2D eigenvalue weighted by atomic mass is 10.2. The van der Waals surface area contributed by atoms with Crippen LogP contribution in [0.5, 0.6) is 11.5 Å². The van der Waals surface area contributed by atoms with Crippen molar-refractivity contribution >= 4 is 17.3 Å². The van der Waals surface area contributed by atoms with Crippen molar-refractivity contribution < 1.29 is 9.47 Å². The minimum absolute atomic E-state index is 0.261. The molecule has 2 heterocycles. The Morgan fingerprint density at radius 3 is 2.79 bits per heavy atom. The van der Waals surface area contributed by atoms with Gasteiger partial charge in [-0.05, 0) is 26.0 Å². The molecule has 1 aromatic heterocycles. The van der Waals surface area contributed by atoms with Crippen molar-refractivity contribution in [3.8, 4) is 11.5 Å². The van der Waals surface area contributed by atoms with Crippen LogP contribution >= 0.6 is 0 Å². The van der Waals surface area contributed by atoms with Crippen LogP contribution in [0.15, 0.2) is 18.2 Å². The van der Waals surface area contributed by atoms with Crippen molar-refractivity contribution in [2.24, 2.45) is 0 Å². The van der Waals surface area contributed by atoms with Gasteiger partial charge in [-0.15, -0.1) is 0 Å². The molecule has 0 fully saturated rings. The molecule has 2 aromatic rings. The van der Waals surface area contributed by atoms with Gasteiger partial charge in [-0.2, -0.15) is 0 Å². The zero-order valence-corrected chi connectivity index (χ0v) is 10.7. The van der Waals surface area contributed by atoms with Crippen LogP contribution in [0.1, 0.15) is 11.4 Å². The number of hydrogen-bond acceptors (Lipinski definition) is 6. The molecule has 0 atom stereocenters. The molecule has 6 nitrogen and oxygen atoms in total. The summed E-state index contributed by atoms with van der Waals surface area (Å²) in [5.74, 6) is 3.29. The van der Waals surface area contributed by atoms with Gasteiger partial charge in [0.25, 0.3) is 0 Å². The van der Waals surface area contributed by atoms with E-state index in [0.29, 0.717) is 17.5 Å². The average Bonchev–Trinajstić information content (AvgIpc) is 2.82. The Bertz CT molecular complexity index is 643. The first-order valence-corrected chi connectivity index (χ1v) is 5.91. The Balaban J connectivity index is 1.93. The fourth-order valence-electron chi connectivity index (χ4n) is 1.88. The summed E-state index contributed by atoms with van der Waals surface area (Å²) in [5.41, 5.74) is 7.52. The summed E-state index contributed by atoms with van der Waals surface area (Å²) in [4.78, 5) is 8.46. The molecule has 0 saturated carbocycles. The second kappa shape index (κ2) is 4.31. The summed E-state index contributed by atoms with van der Waals surface area (Å²) in [5, 5.41) is 3.22. The van der Waals surface area contributed by atoms with E-state index in [1.807, 2.05) is 25.1 Å². The molecule has 1 aliphatic heterocycles. The van der Waals surface area contributed by atoms with Crippen molar-refractivity contribution in [3.63, 3.8) is 0 Å². The van der Waals surface area contributed by atoms with Crippen LogP contribution in [0.25, 0.3) is 0 Å². The highest BCUT2D eigenvalue weighted by molar-refractivity contribution is 5.66. The second-order valence-corrected chi connectivity index (χ2v) is 4.32. The number of hydrogen-bond donors (Lipinski definition) is 2. The first-order chi connectivity index (χ1) is 9.13. The van der Waals surface area contributed by atoms with E-state index in [2.05, 4.69) is 15.3 Å². The average molecular weight is 258 g/mol. The fraction of sp³-hybridized carbons (Fsp3) is 0.231. The van der Waals surface area contributed by atoms with Crippen LogP contribution in [0.2, 0.25) is 0 Å². The summed E-state index contributed by atoms with van der Waals surface area (Å²) in [6.45, 7) is 3.95. The van der Waals surface area contributed by atoms with Crippen LogP contribution in [0.4, 0.5) is 17.3 Å². The number of nitrogen functional groups attached to an aromatic ring is 1. The number of anilines is 3. The number of benzene rings is 1. The van der Waals surface area contributed by atoms with Crippen LogP contribution in [-0.2, 0) is 0 Å². The maximum Gasteiger partial charge on any atom is 0.231 e. The molecule has 3 N–H and O–H groups in total. The van der Waals surface area contributed by atoms with Gasteiger partial charge in [-0.3, -0.25) is 0 Å². The van der Waals surface area contributed by atoms with Crippen LogP contribution < -0.4 is 20.5 Å². The normalized spacial score (nSPS) is 12.5. The van der Waals surface area contributed by atoms with E-state index < -0.39 is 0 Å². The highest BCUT2D eigenvalue weighted by Gasteiger charge is 2.14. The minimum atomic E-state index is 0.261. The molecule has 0 radical (unpaired) electrons. The van der Waals surface area contributed by atoms with Crippen LogP contribution in [-0.4, -0.2) is 16.8 Å². The van der Waals surface area contributed by atoms with E-state index in [1.165, 1.54) is 0 Å². The molecule has 0 amide bonds. The Kier molecular flexibility index (Phi) is 2.63. The van der Waals surface area contributed by atoms with E-state index in [-0.39, 0.29) is 6.79 Å². The monoisotopic (exact) mass is 258 g/mol. The molecule has 19 heavy (non-hydrogen) atoms. The molecule has 0 bridgehead atoms. The molecule has 0 spiro atoms. The van der Waals surface area contributed by atoms with Gasteiger partial charge in [-0.1, -0.05) is 0 Å². The number of nitrogens with one attached hydrogen (secondary N) is 1. The highest BCUT2D eigenvalue weighted by atomic mass is 16.7. The summed E-state index contributed by atoms with van der Waals surface area (Å²) in [6.07, 6.45) is 0. The standard InChI is InChI=1S/C13H14N4O2/c1-7-12(14)15-8(2)16-13(7)17-9-3-4-10-11(5-9)19-6-18-10/h3-5H,6H2,1-2H3,(H3,14,15,16,17). The SMILES string of the molecule is Cc1nc(N)c(C)c(Nc2ccc3c(c2)OCO3)n1. The number of fused-ring (bicyclic) bond motifs is 1. The van der Waals surface area contributed by atoms with Gasteiger partial charge in [0, 0.05) is 17.3 Å². The lowest BCUT2D eigenvalue weighted by Gasteiger charge is -2.11. The molecule has 1 aromatic carbocycles. The molecular formula is C13H14N4O2. The van der Waals surface area contributed by atoms with Gasteiger partial charge >= 0.3 is 0 Å². The number of ether oxygens (including phenoxy) is 2. The number of aryl methyl sites for hydroxylation is 1. The summed E-state index contributed by atoms with van der Waals surface area (Å²) < 4.78 is 10.6. The smallest absolute Gasteiger partial charge is 0.231 e. The van der Waals surface area contributed by atoms with Crippen molar-refractivity contribution in [2.75, 3.05) is 17.8 Å². The second-order valence-electron chi connectivity index (χ2n) is 4.32. The molecule has 98 valence electrons.